The first kappa shape index (κ1) is 9.66. The molecule has 0 unspecified atom stereocenters. The van der Waals surface area contributed by atoms with Crippen LogP contribution in [0.2, 0.25) is 0 Å². The minimum Gasteiger partial charge on any atom is -0.324 e. The van der Waals surface area contributed by atoms with E-state index < -0.39 is 0 Å². The molecule has 1 fully saturated rings. The minimum atomic E-state index is -0.157. The number of nitrogens with two attached hydrogens (primary N) is 1. The molecule has 1 atom stereocenters. The monoisotopic (exact) mass is 193 g/mol. The highest BCUT2D eigenvalue weighted by molar-refractivity contribution is 5.27. The largest absolute Gasteiger partial charge is 0.324 e. The molecule has 1 aromatic rings. The van der Waals surface area contributed by atoms with Crippen LogP contribution in [0.5, 0.6) is 0 Å². The Balaban J connectivity index is 2.24. The Bertz CT molecular complexity index is 331. The van der Waals surface area contributed by atoms with Gasteiger partial charge >= 0.3 is 0 Å². The Morgan fingerprint density at radius 3 is 2.71 bits per heavy atom. The van der Waals surface area contributed by atoms with Gasteiger partial charge in [0.15, 0.2) is 0 Å². The molecule has 0 radical (unpaired) electrons. The number of aryl methyl sites for hydroxylation is 1. The minimum absolute atomic E-state index is 0.108. The van der Waals surface area contributed by atoms with Crippen LogP contribution in [0.3, 0.4) is 0 Å². The summed E-state index contributed by atoms with van der Waals surface area (Å²) in [5.41, 5.74) is 7.80. The molecule has 1 aliphatic rings. The molecule has 14 heavy (non-hydrogen) atoms. The summed E-state index contributed by atoms with van der Waals surface area (Å²) < 4.78 is 13.5. The zero-order valence-corrected chi connectivity index (χ0v) is 8.46. The summed E-state index contributed by atoms with van der Waals surface area (Å²) in [6, 6.07) is 5.07. The number of rotatable bonds is 2. The van der Waals surface area contributed by atoms with E-state index in [2.05, 4.69) is 0 Å². The van der Waals surface area contributed by atoms with Crippen LogP contribution in [0.4, 0.5) is 4.39 Å². The second kappa shape index (κ2) is 3.70. The lowest BCUT2D eigenvalue weighted by molar-refractivity contribution is 0.260. The van der Waals surface area contributed by atoms with E-state index in [0.29, 0.717) is 11.5 Å². The Morgan fingerprint density at radius 2 is 2.14 bits per heavy atom. The van der Waals surface area contributed by atoms with Crippen molar-refractivity contribution in [1.29, 1.82) is 0 Å². The molecule has 0 bridgehead atoms. The molecule has 0 heterocycles. The van der Waals surface area contributed by atoms with Crippen LogP contribution in [0.25, 0.3) is 0 Å². The van der Waals surface area contributed by atoms with Crippen LogP contribution in [-0.2, 0) is 0 Å². The predicted octanol–water partition coefficient (Wildman–Crippen LogP) is 2.93. The van der Waals surface area contributed by atoms with Gasteiger partial charge in [-0.15, -0.1) is 0 Å². The van der Waals surface area contributed by atoms with Crippen LogP contribution >= 0.6 is 0 Å². The van der Waals surface area contributed by atoms with Gasteiger partial charge < -0.3 is 5.73 Å². The zero-order chi connectivity index (χ0) is 10.1. The van der Waals surface area contributed by atoms with Crippen molar-refractivity contribution in [2.24, 2.45) is 11.7 Å². The first-order valence-electron chi connectivity index (χ1n) is 5.20. The number of hydrogen-bond donors (Lipinski definition) is 1. The average Bonchev–Trinajstić information content (AvgIpc) is 2.06. The summed E-state index contributed by atoms with van der Waals surface area (Å²) in [5, 5.41) is 0. The molecule has 2 N–H and O–H groups in total. The van der Waals surface area contributed by atoms with Crippen molar-refractivity contribution in [2.75, 3.05) is 0 Å². The molecule has 76 valence electrons. The van der Waals surface area contributed by atoms with Gasteiger partial charge in [0, 0.05) is 11.6 Å². The van der Waals surface area contributed by atoms with E-state index in [-0.39, 0.29) is 11.9 Å². The third-order valence-corrected chi connectivity index (χ3v) is 3.17. The van der Waals surface area contributed by atoms with Crippen LogP contribution in [0.15, 0.2) is 18.2 Å². The van der Waals surface area contributed by atoms with E-state index in [1.807, 2.05) is 13.0 Å². The number of benzene rings is 1. The maximum atomic E-state index is 13.5. The highest BCUT2D eigenvalue weighted by atomic mass is 19.1. The van der Waals surface area contributed by atoms with Crippen molar-refractivity contribution in [2.45, 2.75) is 32.2 Å². The van der Waals surface area contributed by atoms with Gasteiger partial charge in [-0.1, -0.05) is 24.1 Å². The summed E-state index contributed by atoms with van der Waals surface area (Å²) in [6.45, 7) is 1.97. The topological polar surface area (TPSA) is 26.0 Å². The molecule has 0 amide bonds. The van der Waals surface area contributed by atoms with Gasteiger partial charge in [0.1, 0.15) is 5.82 Å². The van der Waals surface area contributed by atoms with Crippen LogP contribution < -0.4 is 5.73 Å². The van der Waals surface area contributed by atoms with Crippen molar-refractivity contribution < 1.29 is 4.39 Å². The van der Waals surface area contributed by atoms with Gasteiger partial charge in [0.25, 0.3) is 0 Å². The third kappa shape index (κ3) is 1.67. The fourth-order valence-corrected chi connectivity index (χ4v) is 1.97. The second-order valence-electron chi connectivity index (χ2n) is 4.24. The summed E-state index contributed by atoms with van der Waals surface area (Å²) in [7, 11) is 0. The summed E-state index contributed by atoms with van der Waals surface area (Å²) in [6.07, 6.45) is 3.54. The highest BCUT2D eigenvalue weighted by Crippen LogP contribution is 2.37. The number of halogens is 1. The normalized spacial score (nSPS) is 19.1. The Hall–Kier alpha value is -0.890. The van der Waals surface area contributed by atoms with E-state index >= 15 is 0 Å². The highest BCUT2D eigenvalue weighted by Gasteiger charge is 2.27. The fraction of sp³-hybridized carbons (Fsp3) is 0.500. The SMILES string of the molecule is Cc1ccc(F)c([C@H](N)C2CCC2)c1. The van der Waals surface area contributed by atoms with Crippen LogP contribution in [0.1, 0.15) is 36.4 Å². The molecule has 0 aromatic heterocycles. The lowest BCUT2D eigenvalue weighted by Crippen LogP contribution is -2.27. The molecule has 1 saturated carbocycles. The average molecular weight is 193 g/mol. The predicted molar refractivity (Wildman–Crippen MR) is 55.4 cm³/mol. The maximum Gasteiger partial charge on any atom is 0.127 e. The molecule has 1 aromatic carbocycles. The van der Waals surface area contributed by atoms with Gasteiger partial charge in [-0.3, -0.25) is 0 Å². The zero-order valence-electron chi connectivity index (χ0n) is 8.46. The van der Waals surface area contributed by atoms with E-state index in [4.69, 9.17) is 5.73 Å². The lowest BCUT2D eigenvalue weighted by atomic mass is 9.77. The first-order chi connectivity index (χ1) is 6.68. The molecule has 1 nitrogen and oxygen atoms in total. The van der Waals surface area contributed by atoms with Crippen molar-refractivity contribution in [3.63, 3.8) is 0 Å². The van der Waals surface area contributed by atoms with Crippen molar-refractivity contribution >= 4 is 0 Å². The smallest absolute Gasteiger partial charge is 0.127 e. The standard InChI is InChI=1S/C12H16FN/c1-8-5-6-11(13)10(7-8)12(14)9-3-2-4-9/h5-7,9,12H,2-4,14H2,1H3/t12-/m1/s1. The van der Waals surface area contributed by atoms with E-state index in [1.54, 1.807) is 6.07 Å². The fourth-order valence-electron chi connectivity index (χ4n) is 1.97. The van der Waals surface area contributed by atoms with Gasteiger partial charge in [0.2, 0.25) is 0 Å². The van der Waals surface area contributed by atoms with Crippen LogP contribution in [-0.4, -0.2) is 0 Å². The van der Waals surface area contributed by atoms with Gasteiger partial charge in [-0.2, -0.15) is 0 Å². The Morgan fingerprint density at radius 1 is 1.43 bits per heavy atom. The van der Waals surface area contributed by atoms with E-state index in [0.717, 1.165) is 18.4 Å². The molecule has 2 heteroatoms. The third-order valence-electron chi connectivity index (χ3n) is 3.17. The molecule has 0 spiro atoms. The maximum absolute atomic E-state index is 13.5. The molecule has 0 aliphatic heterocycles. The van der Waals surface area contributed by atoms with Crippen molar-refractivity contribution in [3.05, 3.63) is 35.1 Å². The molecular formula is C12H16FN. The molecular weight excluding hydrogens is 177 g/mol. The van der Waals surface area contributed by atoms with E-state index in [9.17, 15) is 4.39 Å². The molecule has 2 rings (SSSR count). The van der Waals surface area contributed by atoms with Crippen LogP contribution in [0, 0.1) is 18.7 Å². The van der Waals surface area contributed by atoms with Crippen molar-refractivity contribution in [3.8, 4) is 0 Å². The number of hydrogen-bond acceptors (Lipinski definition) is 1. The quantitative estimate of drug-likeness (QED) is 0.767. The van der Waals surface area contributed by atoms with Crippen molar-refractivity contribution in [1.82, 2.24) is 0 Å². The van der Waals surface area contributed by atoms with E-state index in [1.165, 1.54) is 12.5 Å². The van der Waals surface area contributed by atoms with Gasteiger partial charge in [0.05, 0.1) is 0 Å². The molecule has 0 saturated heterocycles. The van der Waals surface area contributed by atoms with Gasteiger partial charge in [-0.05, 0) is 31.7 Å². The summed E-state index contributed by atoms with van der Waals surface area (Å²) in [5.74, 6) is 0.335. The Labute approximate surface area is 84.1 Å². The molecule has 1 aliphatic carbocycles. The lowest BCUT2D eigenvalue weighted by Gasteiger charge is -2.31. The Kier molecular flexibility index (Phi) is 2.55. The van der Waals surface area contributed by atoms with Gasteiger partial charge in [-0.25, -0.2) is 4.39 Å². The summed E-state index contributed by atoms with van der Waals surface area (Å²) in [4.78, 5) is 0. The second-order valence-corrected chi connectivity index (χ2v) is 4.24. The first-order valence-corrected chi connectivity index (χ1v) is 5.20. The summed E-state index contributed by atoms with van der Waals surface area (Å²) >= 11 is 0.